The van der Waals surface area contributed by atoms with Crippen LogP contribution in [0.4, 0.5) is 0 Å². The molecule has 0 fully saturated rings. The van der Waals surface area contributed by atoms with E-state index in [-0.39, 0.29) is 5.70 Å². The molecule has 1 aliphatic rings. The minimum atomic E-state index is -0.470. The van der Waals surface area contributed by atoms with Gasteiger partial charge in [-0.15, -0.1) is 0 Å². The third-order valence-electron chi connectivity index (χ3n) is 2.49. The second-order valence-electron chi connectivity index (χ2n) is 4.03. The van der Waals surface area contributed by atoms with Crippen LogP contribution in [0, 0.1) is 0 Å². The monoisotopic (exact) mass is 215 g/mol. The number of esters is 1. The van der Waals surface area contributed by atoms with Crippen molar-refractivity contribution >= 4 is 11.9 Å². The van der Waals surface area contributed by atoms with Gasteiger partial charge < -0.3 is 4.74 Å². The number of rotatable bonds is 2. The zero-order valence-corrected chi connectivity index (χ0v) is 9.36. The predicted molar refractivity (Wildman–Crippen MR) is 62.3 cm³/mol. The molecule has 1 aromatic rings. The summed E-state index contributed by atoms with van der Waals surface area (Å²) in [5, 5.41) is 0. The average molecular weight is 215 g/mol. The Labute approximate surface area is 94.5 Å². The zero-order chi connectivity index (χ0) is 11.7. The van der Waals surface area contributed by atoms with Gasteiger partial charge >= 0.3 is 5.97 Å². The Kier molecular flexibility index (Phi) is 2.60. The Morgan fingerprint density at radius 2 is 1.88 bits per heavy atom. The Morgan fingerprint density at radius 1 is 1.25 bits per heavy atom. The van der Waals surface area contributed by atoms with Crippen molar-refractivity contribution < 1.29 is 9.53 Å². The molecule has 0 unspecified atom stereocenters. The number of hydrogen-bond acceptors (Lipinski definition) is 3. The van der Waals surface area contributed by atoms with Crippen LogP contribution in [0.25, 0.3) is 0 Å². The van der Waals surface area contributed by atoms with E-state index in [9.17, 15) is 4.79 Å². The highest BCUT2D eigenvalue weighted by atomic mass is 16.6. The number of ether oxygens (including phenoxy) is 1. The molecule has 1 heterocycles. The summed E-state index contributed by atoms with van der Waals surface area (Å²) >= 11 is 0. The van der Waals surface area contributed by atoms with Crippen LogP contribution < -0.4 is 0 Å². The van der Waals surface area contributed by atoms with Crippen LogP contribution in [0.5, 0.6) is 0 Å². The zero-order valence-electron chi connectivity index (χ0n) is 9.36. The van der Waals surface area contributed by atoms with E-state index in [1.54, 1.807) is 0 Å². The lowest BCUT2D eigenvalue weighted by molar-refractivity contribution is -0.129. The van der Waals surface area contributed by atoms with Gasteiger partial charge in [-0.3, -0.25) is 0 Å². The van der Waals surface area contributed by atoms with E-state index >= 15 is 0 Å². The highest BCUT2D eigenvalue weighted by Crippen LogP contribution is 2.18. The smallest absolute Gasteiger partial charge is 0.363 e. The summed E-state index contributed by atoms with van der Waals surface area (Å²) in [5.41, 5.74) is 2.20. The summed E-state index contributed by atoms with van der Waals surface area (Å²) < 4.78 is 4.97. The molecular formula is C13H13NO2. The van der Waals surface area contributed by atoms with Crippen molar-refractivity contribution in [2.45, 2.75) is 19.8 Å². The largest absolute Gasteiger partial charge is 0.402 e. The van der Waals surface area contributed by atoms with E-state index in [1.165, 1.54) is 5.56 Å². The third kappa shape index (κ3) is 1.89. The number of carbonyl (C=O) groups excluding carboxylic acids is 1. The number of nitrogens with zero attached hydrogens (tertiary/aromatic N) is 1. The molecule has 3 nitrogen and oxygen atoms in total. The van der Waals surface area contributed by atoms with Gasteiger partial charge in [0.15, 0.2) is 0 Å². The van der Waals surface area contributed by atoms with E-state index in [2.05, 4.69) is 25.4 Å². The Morgan fingerprint density at radius 3 is 2.31 bits per heavy atom. The van der Waals surface area contributed by atoms with Crippen molar-refractivity contribution in [1.82, 2.24) is 0 Å². The quantitative estimate of drug-likeness (QED) is 0.562. The van der Waals surface area contributed by atoms with E-state index < -0.39 is 5.97 Å². The van der Waals surface area contributed by atoms with Crippen molar-refractivity contribution in [3.8, 4) is 0 Å². The molecule has 3 heteroatoms. The van der Waals surface area contributed by atoms with Crippen LogP contribution in [0.1, 0.15) is 30.9 Å². The van der Waals surface area contributed by atoms with Crippen LogP contribution >= 0.6 is 0 Å². The number of hydrogen-bond donors (Lipinski definition) is 0. The fourth-order valence-corrected chi connectivity index (χ4v) is 1.47. The van der Waals surface area contributed by atoms with E-state index in [1.807, 2.05) is 24.3 Å². The minimum absolute atomic E-state index is 0.155. The number of aliphatic imine (C=N–C) groups is 1. The second-order valence-corrected chi connectivity index (χ2v) is 4.03. The van der Waals surface area contributed by atoms with Crippen LogP contribution in [-0.4, -0.2) is 11.9 Å². The fraction of sp³-hybridized carbons (Fsp3) is 0.231. The molecule has 0 saturated heterocycles. The maximum atomic E-state index is 11.1. The van der Waals surface area contributed by atoms with E-state index in [0.29, 0.717) is 11.8 Å². The van der Waals surface area contributed by atoms with Gasteiger partial charge in [-0.05, 0) is 23.6 Å². The van der Waals surface area contributed by atoms with Gasteiger partial charge in [-0.1, -0.05) is 32.6 Å². The Balaban J connectivity index is 2.26. The molecule has 1 aliphatic heterocycles. The van der Waals surface area contributed by atoms with Crippen LogP contribution in [0.3, 0.4) is 0 Å². The maximum absolute atomic E-state index is 11.1. The summed E-state index contributed by atoms with van der Waals surface area (Å²) in [6, 6.07) is 7.83. The first-order valence-corrected chi connectivity index (χ1v) is 5.18. The van der Waals surface area contributed by atoms with Gasteiger partial charge in [0.1, 0.15) is 5.70 Å². The number of carbonyl (C=O) groups is 1. The van der Waals surface area contributed by atoms with E-state index in [4.69, 9.17) is 4.74 Å². The van der Waals surface area contributed by atoms with Gasteiger partial charge in [-0.25, -0.2) is 9.79 Å². The SMILES string of the molecule is C=C1N=C(c2ccc(C(C)C)cc2)OC1=O. The van der Waals surface area contributed by atoms with Crippen molar-refractivity contribution in [3.63, 3.8) is 0 Å². The summed E-state index contributed by atoms with van der Waals surface area (Å²) in [4.78, 5) is 15.1. The molecule has 2 rings (SSSR count). The molecule has 0 radical (unpaired) electrons. The first-order valence-electron chi connectivity index (χ1n) is 5.18. The first-order chi connectivity index (χ1) is 7.58. The standard InChI is InChI=1S/C13H13NO2/c1-8(2)10-4-6-11(7-5-10)12-14-9(3)13(15)16-12/h4-8H,3H2,1-2H3. The maximum Gasteiger partial charge on any atom is 0.363 e. The molecule has 16 heavy (non-hydrogen) atoms. The van der Waals surface area contributed by atoms with Crippen LogP contribution in [-0.2, 0) is 9.53 Å². The molecule has 0 aliphatic carbocycles. The molecule has 0 atom stereocenters. The van der Waals surface area contributed by atoms with Gasteiger partial charge in [0.25, 0.3) is 0 Å². The molecule has 0 saturated carbocycles. The Hall–Kier alpha value is -1.90. The minimum Gasteiger partial charge on any atom is -0.402 e. The fourth-order valence-electron chi connectivity index (χ4n) is 1.47. The van der Waals surface area contributed by atoms with Gasteiger partial charge in [-0.2, -0.15) is 0 Å². The molecule has 0 bridgehead atoms. The lowest BCUT2D eigenvalue weighted by Gasteiger charge is -2.05. The molecule has 0 N–H and O–H groups in total. The lowest BCUT2D eigenvalue weighted by Crippen LogP contribution is -2.05. The third-order valence-corrected chi connectivity index (χ3v) is 2.49. The molecule has 0 aromatic heterocycles. The summed E-state index contributed by atoms with van der Waals surface area (Å²) in [5.74, 6) is 0.352. The molecule has 0 spiro atoms. The van der Waals surface area contributed by atoms with Gasteiger partial charge in [0, 0.05) is 5.56 Å². The van der Waals surface area contributed by atoms with E-state index in [0.717, 1.165) is 5.56 Å². The van der Waals surface area contributed by atoms with Crippen molar-refractivity contribution in [2.75, 3.05) is 0 Å². The first kappa shape index (κ1) is 10.6. The van der Waals surface area contributed by atoms with Crippen molar-refractivity contribution in [2.24, 2.45) is 4.99 Å². The molecule has 0 amide bonds. The lowest BCUT2D eigenvalue weighted by atomic mass is 10.0. The van der Waals surface area contributed by atoms with Crippen molar-refractivity contribution in [1.29, 1.82) is 0 Å². The van der Waals surface area contributed by atoms with Crippen LogP contribution in [0.2, 0.25) is 0 Å². The highest BCUT2D eigenvalue weighted by molar-refractivity contribution is 6.10. The molecule has 1 aromatic carbocycles. The highest BCUT2D eigenvalue weighted by Gasteiger charge is 2.21. The molecule has 82 valence electrons. The topological polar surface area (TPSA) is 38.7 Å². The van der Waals surface area contributed by atoms with Gasteiger partial charge in [0.05, 0.1) is 0 Å². The Bertz CT molecular complexity index is 469. The summed E-state index contributed by atoms with van der Waals surface area (Å²) in [6.07, 6.45) is 0. The predicted octanol–water partition coefficient (Wildman–Crippen LogP) is 2.63. The number of cyclic esters (lactones) is 1. The molecular weight excluding hydrogens is 202 g/mol. The van der Waals surface area contributed by atoms with Gasteiger partial charge in [0.2, 0.25) is 5.90 Å². The summed E-state index contributed by atoms with van der Waals surface area (Å²) in [7, 11) is 0. The van der Waals surface area contributed by atoms with Crippen LogP contribution in [0.15, 0.2) is 41.5 Å². The second kappa shape index (κ2) is 3.93. The normalized spacial score (nSPS) is 15.3. The average Bonchev–Trinajstić information content (AvgIpc) is 2.59. The number of benzene rings is 1. The summed E-state index contributed by atoms with van der Waals surface area (Å²) in [6.45, 7) is 7.75. The van der Waals surface area contributed by atoms with Crippen molar-refractivity contribution in [3.05, 3.63) is 47.7 Å².